The highest BCUT2D eigenvalue weighted by Gasteiger charge is 2.30. The number of fused-ring (bicyclic) bond motifs is 5. The first-order valence-electron chi connectivity index (χ1n) is 14.3. The van der Waals surface area contributed by atoms with Gasteiger partial charge in [0.15, 0.2) is 0 Å². The highest BCUT2D eigenvalue weighted by molar-refractivity contribution is 6.19. The average molecular weight is 550 g/mol. The Morgan fingerprint density at radius 2 is 1.28 bits per heavy atom. The second-order valence-corrected chi connectivity index (χ2v) is 10.7. The van der Waals surface area contributed by atoms with Gasteiger partial charge in [0.25, 0.3) is 0 Å². The molecular formula is C38H23N5. The summed E-state index contributed by atoms with van der Waals surface area (Å²) in [6, 6.07) is 44.0. The molecule has 200 valence electrons. The molecule has 0 aliphatic carbocycles. The lowest BCUT2D eigenvalue weighted by Crippen LogP contribution is -2.18. The molecule has 0 N–H and O–H groups in total. The zero-order valence-corrected chi connectivity index (χ0v) is 23.0. The summed E-state index contributed by atoms with van der Waals surface area (Å²) >= 11 is 0. The Balaban J connectivity index is 1.31. The van der Waals surface area contributed by atoms with Crippen LogP contribution in [0.25, 0.3) is 66.2 Å². The zero-order chi connectivity index (χ0) is 28.3. The Hall–Kier alpha value is -5.94. The molecule has 0 atom stereocenters. The number of para-hydroxylation sites is 2. The average Bonchev–Trinajstić information content (AvgIpc) is 3.08. The topological polar surface area (TPSA) is 54.8 Å². The van der Waals surface area contributed by atoms with Crippen molar-refractivity contribution in [3.63, 3.8) is 0 Å². The van der Waals surface area contributed by atoms with Crippen LogP contribution in [-0.2, 0) is 0 Å². The third kappa shape index (κ3) is 3.65. The number of rotatable bonds is 3. The predicted molar refractivity (Wildman–Crippen MR) is 175 cm³/mol. The smallest absolute Gasteiger partial charge is 0.149 e. The normalized spacial score (nSPS) is 12.1. The van der Waals surface area contributed by atoms with Gasteiger partial charge in [-0.15, -0.1) is 0 Å². The number of pyridine rings is 4. The molecule has 4 aromatic carbocycles. The zero-order valence-electron chi connectivity index (χ0n) is 23.0. The van der Waals surface area contributed by atoms with Crippen LogP contribution in [0.2, 0.25) is 0 Å². The molecule has 0 saturated heterocycles. The lowest BCUT2D eigenvalue weighted by atomic mass is 9.96. The molecule has 5 heteroatoms. The fourth-order valence-electron chi connectivity index (χ4n) is 6.30. The molecule has 0 saturated carbocycles. The van der Waals surface area contributed by atoms with Gasteiger partial charge in [0.1, 0.15) is 11.6 Å². The van der Waals surface area contributed by atoms with Gasteiger partial charge >= 0.3 is 0 Å². The van der Waals surface area contributed by atoms with Gasteiger partial charge in [-0.2, -0.15) is 0 Å². The maximum Gasteiger partial charge on any atom is 0.149 e. The largest absolute Gasteiger partial charge is 0.278 e. The SMILES string of the molecule is c1ccc(-c2ccc(-c3nc(N4c5ccccc5-c5nccc6c5c4nc4ccccc46)cc4cccnc34)cc2)cc1. The van der Waals surface area contributed by atoms with E-state index in [0.717, 1.165) is 78.0 Å². The minimum Gasteiger partial charge on any atom is -0.278 e. The molecule has 0 spiro atoms. The van der Waals surface area contributed by atoms with E-state index in [2.05, 4.69) is 114 Å². The van der Waals surface area contributed by atoms with Crippen LogP contribution in [0.1, 0.15) is 0 Å². The number of anilines is 3. The van der Waals surface area contributed by atoms with Crippen molar-refractivity contribution in [1.29, 1.82) is 0 Å². The van der Waals surface area contributed by atoms with Crippen molar-refractivity contribution in [2.75, 3.05) is 4.90 Å². The van der Waals surface area contributed by atoms with Crippen molar-refractivity contribution in [2.24, 2.45) is 0 Å². The lowest BCUT2D eigenvalue weighted by molar-refractivity contribution is 1.14. The van der Waals surface area contributed by atoms with Gasteiger partial charge in [-0.3, -0.25) is 14.9 Å². The Morgan fingerprint density at radius 3 is 2.19 bits per heavy atom. The van der Waals surface area contributed by atoms with Crippen LogP contribution in [0, 0.1) is 0 Å². The predicted octanol–water partition coefficient (Wildman–Crippen LogP) is 9.51. The van der Waals surface area contributed by atoms with Gasteiger partial charge < -0.3 is 0 Å². The third-order valence-corrected chi connectivity index (χ3v) is 8.28. The molecule has 0 amide bonds. The van der Waals surface area contributed by atoms with Crippen LogP contribution >= 0.6 is 0 Å². The second kappa shape index (κ2) is 9.29. The van der Waals surface area contributed by atoms with E-state index in [0.29, 0.717) is 0 Å². The summed E-state index contributed by atoms with van der Waals surface area (Å²) in [5, 5.41) is 4.28. The first-order chi connectivity index (χ1) is 21.3. The Bertz CT molecular complexity index is 2350. The number of nitrogens with zero attached hydrogens (tertiary/aromatic N) is 5. The van der Waals surface area contributed by atoms with Crippen LogP contribution in [0.15, 0.2) is 140 Å². The van der Waals surface area contributed by atoms with Crippen molar-refractivity contribution < 1.29 is 0 Å². The molecule has 0 fully saturated rings. The lowest BCUT2D eigenvalue weighted by Gasteiger charge is -2.31. The van der Waals surface area contributed by atoms with Crippen LogP contribution in [0.5, 0.6) is 0 Å². The molecule has 9 rings (SSSR count). The van der Waals surface area contributed by atoms with E-state index in [1.807, 2.05) is 30.6 Å². The van der Waals surface area contributed by atoms with Crippen LogP contribution in [0.4, 0.5) is 17.3 Å². The van der Waals surface area contributed by atoms with Gasteiger partial charge in [-0.1, -0.05) is 97.1 Å². The summed E-state index contributed by atoms with van der Waals surface area (Å²) < 4.78 is 0. The molecule has 5 nitrogen and oxygen atoms in total. The van der Waals surface area contributed by atoms with E-state index in [1.165, 1.54) is 5.56 Å². The van der Waals surface area contributed by atoms with Crippen molar-refractivity contribution >= 4 is 49.9 Å². The maximum absolute atomic E-state index is 5.34. The van der Waals surface area contributed by atoms with Crippen molar-refractivity contribution in [3.8, 4) is 33.6 Å². The maximum atomic E-state index is 5.34. The first-order valence-corrected chi connectivity index (χ1v) is 14.3. The summed E-state index contributed by atoms with van der Waals surface area (Å²) in [6.07, 6.45) is 3.73. The summed E-state index contributed by atoms with van der Waals surface area (Å²) in [5.41, 5.74) is 8.98. The monoisotopic (exact) mass is 549 g/mol. The molecule has 43 heavy (non-hydrogen) atoms. The molecule has 5 heterocycles. The van der Waals surface area contributed by atoms with E-state index < -0.39 is 0 Å². The molecule has 1 aliphatic rings. The summed E-state index contributed by atoms with van der Waals surface area (Å²) in [6.45, 7) is 0. The van der Waals surface area contributed by atoms with Gasteiger partial charge in [0.05, 0.1) is 33.5 Å². The fourth-order valence-corrected chi connectivity index (χ4v) is 6.30. The quantitative estimate of drug-likeness (QED) is 0.205. The van der Waals surface area contributed by atoms with E-state index >= 15 is 0 Å². The van der Waals surface area contributed by atoms with E-state index in [1.54, 1.807) is 0 Å². The molecule has 8 aromatic rings. The molecule has 0 unspecified atom stereocenters. The highest BCUT2D eigenvalue weighted by Crippen LogP contribution is 2.50. The molecular weight excluding hydrogens is 526 g/mol. The van der Waals surface area contributed by atoms with Crippen molar-refractivity contribution in [2.45, 2.75) is 0 Å². The number of hydrogen-bond donors (Lipinski definition) is 0. The van der Waals surface area contributed by atoms with Crippen LogP contribution in [-0.4, -0.2) is 19.9 Å². The first kappa shape index (κ1) is 23.7. The Kier molecular flexibility index (Phi) is 5.13. The number of hydrogen-bond acceptors (Lipinski definition) is 5. The van der Waals surface area contributed by atoms with Gasteiger partial charge in [-0.05, 0) is 46.8 Å². The van der Waals surface area contributed by atoms with Gasteiger partial charge in [0.2, 0.25) is 0 Å². The van der Waals surface area contributed by atoms with Crippen LogP contribution in [0.3, 0.4) is 0 Å². The van der Waals surface area contributed by atoms with Gasteiger partial charge in [-0.25, -0.2) is 9.97 Å². The van der Waals surface area contributed by atoms with Gasteiger partial charge in [0, 0.05) is 34.3 Å². The molecule has 1 aliphatic heterocycles. The molecule has 0 bridgehead atoms. The van der Waals surface area contributed by atoms with E-state index in [4.69, 9.17) is 19.9 Å². The second-order valence-electron chi connectivity index (χ2n) is 10.7. The number of benzene rings is 4. The van der Waals surface area contributed by atoms with Crippen molar-refractivity contribution in [1.82, 2.24) is 19.9 Å². The fraction of sp³-hybridized carbons (Fsp3) is 0. The van der Waals surface area contributed by atoms with E-state index in [-0.39, 0.29) is 0 Å². The molecule has 4 aromatic heterocycles. The minimum atomic E-state index is 0.786. The Labute approximate surface area is 247 Å². The molecule has 0 radical (unpaired) electrons. The Morgan fingerprint density at radius 1 is 0.512 bits per heavy atom. The van der Waals surface area contributed by atoms with Crippen molar-refractivity contribution in [3.05, 3.63) is 140 Å². The summed E-state index contributed by atoms with van der Waals surface area (Å²) in [7, 11) is 0. The summed E-state index contributed by atoms with van der Waals surface area (Å²) in [4.78, 5) is 22.4. The standard InChI is InChI=1S/C38H23N5/c1-2-9-24(10-3-1)25-16-18-26(19-17-25)36-35-27(11-8-21-39-35)23-33(42-36)43-32-15-7-5-13-30(32)37-34-29(20-22-40-37)28-12-4-6-14-31(28)41-38(34)43/h1-23H. The minimum absolute atomic E-state index is 0.786. The highest BCUT2D eigenvalue weighted by atomic mass is 15.3. The summed E-state index contributed by atoms with van der Waals surface area (Å²) in [5.74, 6) is 1.62. The van der Waals surface area contributed by atoms with E-state index in [9.17, 15) is 0 Å². The third-order valence-electron chi connectivity index (χ3n) is 8.28. The van der Waals surface area contributed by atoms with Crippen LogP contribution < -0.4 is 4.90 Å². The number of aromatic nitrogens is 4.